The molecule has 0 radical (unpaired) electrons. The van der Waals surface area contributed by atoms with Gasteiger partial charge in [-0.3, -0.25) is 4.79 Å². The Kier molecular flexibility index (Phi) is 6.71. The molecule has 2 aromatic carbocycles. The summed E-state index contributed by atoms with van der Waals surface area (Å²) < 4.78 is 11.2. The maximum Gasteiger partial charge on any atom is 0.242 e. The minimum atomic E-state index is 0.0859. The zero-order chi connectivity index (χ0) is 19.1. The maximum atomic E-state index is 13.1. The number of benzene rings is 2. The predicted molar refractivity (Wildman–Crippen MR) is 107 cm³/mol. The van der Waals surface area contributed by atoms with E-state index in [1.54, 1.807) is 7.11 Å². The first-order valence-electron chi connectivity index (χ1n) is 9.45. The summed E-state index contributed by atoms with van der Waals surface area (Å²) in [6.45, 7) is 2.24. The lowest BCUT2D eigenvalue weighted by atomic mass is 10.1. The third-order valence-electron chi connectivity index (χ3n) is 4.92. The number of likely N-dealkylation sites (N-methyl/N-ethyl adjacent to an activating group) is 1. The van der Waals surface area contributed by atoms with Crippen molar-refractivity contribution in [2.24, 2.45) is 0 Å². The minimum absolute atomic E-state index is 0.0859. The molecule has 0 aliphatic carbocycles. The SMILES string of the molecule is COc1ccccc1CN(CC1CCCO1)C(=O)CN(C)c1ccccc1. The standard InChI is InChI=1S/C22H28N2O3/c1-23(19-10-4-3-5-11-19)17-22(25)24(16-20-12-8-14-27-20)15-18-9-6-7-13-21(18)26-2/h3-7,9-11,13,20H,8,12,14-17H2,1-2H3. The summed E-state index contributed by atoms with van der Waals surface area (Å²) in [6, 6.07) is 17.8. The summed E-state index contributed by atoms with van der Waals surface area (Å²) in [5.41, 5.74) is 2.04. The number of carbonyl (C=O) groups is 1. The minimum Gasteiger partial charge on any atom is -0.496 e. The number of methoxy groups -OCH3 is 1. The Hall–Kier alpha value is -2.53. The fraction of sp³-hybridized carbons (Fsp3) is 0.409. The van der Waals surface area contributed by atoms with Gasteiger partial charge >= 0.3 is 0 Å². The number of ether oxygens (including phenoxy) is 2. The third kappa shape index (κ3) is 5.23. The van der Waals surface area contributed by atoms with Gasteiger partial charge in [0.05, 0.1) is 19.8 Å². The highest BCUT2D eigenvalue weighted by Gasteiger charge is 2.24. The van der Waals surface area contributed by atoms with E-state index in [9.17, 15) is 4.79 Å². The van der Waals surface area contributed by atoms with Gasteiger partial charge in [-0.25, -0.2) is 0 Å². The van der Waals surface area contributed by atoms with Crippen molar-refractivity contribution in [2.45, 2.75) is 25.5 Å². The van der Waals surface area contributed by atoms with Gasteiger partial charge in [0.15, 0.2) is 0 Å². The average molecular weight is 368 g/mol. The van der Waals surface area contributed by atoms with Crippen molar-refractivity contribution in [1.82, 2.24) is 4.90 Å². The van der Waals surface area contributed by atoms with Crippen LogP contribution in [0, 0.1) is 0 Å². The molecule has 1 saturated heterocycles. The Morgan fingerprint density at radius 2 is 1.89 bits per heavy atom. The Morgan fingerprint density at radius 1 is 1.15 bits per heavy atom. The van der Waals surface area contributed by atoms with Gasteiger partial charge in [0, 0.05) is 38.0 Å². The molecule has 0 N–H and O–H groups in total. The molecule has 0 bridgehead atoms. The van der Waals surface area contributed by atoms with Gasteiger partial charge in [-0.2, -0.15) is 0 Å². The molecule has 1 fully saturated rings. The van der Waals surface area contributed by atoms with Gasteiger partial charge in [0.25, 0.3) is 0 Å². The molecule has 1 atom stereocenters. The van der Waals surface area contributed by atoms with Crippen molar-refractivity contribution in [3.63, 3.8) is 0 Å². The van der Waals surface area contributed by atoms with E-state index in [-0.39, 0.29) is 12.0 Å². The maximum absolute atomic E-state index is 13.1. The van der Waals surface area contributed by atoms with Crippen molar-refractivity contribution in [2.75, 3.05) is 38.8 Å². The second kappa shape index (κ2) is 9.42. The molecule has 0 saturated carbocycles. The normalized spacial score (nSPS) is 16.1. The largest absolute Gasteiger partial charge is 0.496 e. The van der Waals surface area contributed by atoms with E-state index in [1.807, 2.05) is 71.4 Å². The van der Waals surface area contributed by atoms with Crippen molar-refractivity contribution in [3.05, 3.63) is 60.2 Å². The molecule has 3 rings (SSSR count). The summed E-state index contributed by atoms with van der Waals surface area (Å²) in [5.74, 6) is 0.891. The summed E-state index contributed by atoms with van der Waals surface area (Å²) >= 11 is 0. The van der Waals surface area contributed by atoms with Crippen molar-refractivity contribution in [3.8, 4) is 5.75 Å². The molecule has 0 aromatic heterocycles. The number of para-hydroxylation sites is 2. The van der Waals surface area contributed by atoms with E-state index in [4.69, 9.17) is 9.47 Å². The number of amides is 1. The first kappa shape index (κ1) is 19.2. The van der Waals surface area contributed by atoms with Crippen LogP contribution in [0.15, 0.2) is 54.6 Å². The lowest BCUT2D eigenvalue weighted by Gasteiger charge is -2.29. The van der Waals surface area contributed by atoms with Crippen LogP contribution >= 0.6 is 0 Å². The summed E-state index contributed by atoms with van der Waals surface area (Å²) in [6.07, 6.45) is 2.18. The molecule has 144 valence electrons. The van der Waals surface area contributed by atoms with Crippen LogP contribution in [0.4, 0.5) is 5.69 Å². The lowest BCUT2D eigenvalue weighted by molar-refractivity contribution is -0.131. The molecule has 5 heteroatoms. The molecule has 1 aliphatic heterocycles. The van der Waals surface area contributed by atoms with Gasteiger partial charge in [0.1, 0.15) is 5.75 Å². The van der Waals surface area contributed by atoms with Crippen molar-refractivity contribution < 1.29 is 14.3 Å². The molecule has 5 nitrogen and oxygen atoms in total. The number of carbonyl (C=O) groups excluding carboxylic acids is 1. The molecule has 1 amide bonds. The van der Waals surface area contributed by atoms with E-state index in [1.165, 1.54) is 0 Å². The fourth-order valence-corrected chi connectivity index (χ4v) is 3.40. The highest BCUT2D eigenvalue weighted by molar-refractivity contribution is 5.81. The number of hydrogen-bond acceptors (Lipinski definition) is 4. The highest BCUT2D eigenvalue weighted by atomic mass is 16.5. The Balaban J connectivity index is 1.73. The van der Waals surface area contributed by atoms with Crippen molar-refractivity contribution in [1.29, 1.82) is 0 Å². The van der Waals surface area contributed by atoms with Crippen LogP contribution in [-0.4, -0.2) is 50.8 Å². The van der Waals surface area contributed by atoms with Crippen LogP contribution in [0.2, 0.25) is 0 Å². The summed E-state index contributed by atoms with van der Waals surface area (Å²) in [7, 11) is 3.61. The average Bonchev–Trinajstić information content (AvgIpc) is 3.21. The van der Waals surface area contributed by atoms with E-state index in [0.29, 0.717) is 19.6 Å². The zero-order valence-electron chi connectivity index (χ0n) is 16.1. The van der Waals surface area contributed by atoms with Gasteiger partial charge in [-0.05, 0) is 31.0 Å². The van der Waals surface area contributed by atoms with Gasteiger partial charge in [-0.1, -0.05) is 36.4 Å². The number of rotatable bonds is 8. The molecule has 1 heterocycles. The highest BCUT2D eigenvalue weighted by Crippen LogP contribution is 2.22. The number of nitrogens with zero attached hydrogens (tertiary/aromatic N) is 2. The summed E-state index contributed by atoms with van der Waals surface area (Å²) in [5, 5.41) is 0. The van der Waals surface area contributed by atoms with E-state index in [0.717, 1.165) is 36.4 Å². The van der Waals surface area contributed by atoms with E-state index in [2.05, 4.69) is 0 Å². The second-order valence-corrected chi connectivity index (χ2v) is 6.91. The lowest BCUT2D eigenvalue weighted by Crippen LogP contribution is -2.42. The monoisotopic (exact) mass is 368 g/mol. The number of hydrogen-bond donors (Lipinski definition) is 0. The Labute approximate surface area is 161 Å². The van der Waals surface area contributed by atoms with Gasteiger partial charge in [-0.15, -0.1) is 0 Å². The van der Waals surface area contributed by atoms with Crippen LogP contribution in [0.1, 0.15) is 18.4 Å². The molecule has 2 aromatic rings. The smallest absolute Gasteiger partial charge is 0.242 e. The van der Waals surface area contributed by atoms with E-state index < -0.39 is 0 Å². The Morgan fingerprint density at radius 3 is 2.59 bits per heavy atom. The molecule has 0 spiro atoms. The number of anilines is 1. The fourth-order valence-electron chi connectivity index (χ4n) is 3.40. The molecule has 1 aliphatic rings. The third-order valence-corrected chi connectivity index (χ3v) is 4.92. The first-order valence-corrected chi connectivity index (χ1v) is 9.45. The molecule has 27 heavy (non-hydrogen) atoms. The second-order valence-electron chi connectivity index (χ2n) is 6.91. The molecular weight excluding hydrogens is 340 g/mol. The van der Waals surface area contributed by atoms with Crippen LogP contribution in [0.5, 0.6) is 5.75 Å². The quantitative estimate of drug-likeness (QED) is 0.717. The summed E-state index contributed by atoms with van der Waals surface area (Å²) in [4.78, 5) is 17.0. The van der Waals surface area contributed by atoms with Gasteiger partial charge < -0.3 is 19.3 Å². The topological polar surface area (TPSA) is 42.0 Å². The van der Waals surface area contributed by atoms with Crippen LogP contribution in [0.3, 0.4) is 0 Å². The van der Waals surface area contributed by atoms with Crippen LogP contribution < -0.4 is 9.64 Å². The molecule has 1 unspecified atom stereocenters. The van der Waals surface area contributed by atoms with Crippen LogP contribution in [-0.2, 0) is 16.1 Å². The van der Waals surface area contributed by atoms with Crippen molar-refractivity contribution >= 4 is 11.6 Å². The first-order chi connectivity index (χ1) is 13.2. The van der Waals surface area contributed by atoms with Gasteiger partial charge in [0.2, 0.25) is 5.91 Å². The van der Waals surface area contributed by atoms with Crippen LogP contribution in [0.25, 0.3) is 0 Å². The van der Waals surface area contributed by atoms with E-state index >= 15 is 0 Å². The predicted octanol–water partition coefficient (Wildman–Crippen LogP) is 3.34. The Bertz CT molecular complexity index is 729. The zero-order valence-corrected chi connectivity index (χ0v) is 16.1. The molecular formula is C22H28N2O3.